The van der Waals surface area contributed by atoms with Crippen molar-refractivity contribution in [1.29, 1.82) is 0 Å². The minimum Gasteiger partial charge on any atom is -0.357 e. The molecule has 2 aliphatic rings. The SMILES string of the molecule is CCNC(=NCC(C)(C)C1CCCC1)NC1CCN(C(=O)C(C)C)C1.I. The average Bonchev–Trinajstić information content (AvgIpc) is 3.24. The first-order valence-electron chi connectivity index (χ1n) is 10.2. The van der Waals surface area contributed by atoms with E-state index in [4.69, 9.17) is 4.99 Å². The molecule has 0 bridgehead atoms. The molecule has 6 heteroatoms. The summed E-state index contributed by atoms with van der Waals surface area (Å²) in [6.45, 7) is 14.1. The molecule has 1 unspecified atom stereocenters. The van der Waals surface area contributed by atoms with E-state index in [-0.39, 0.29) is 41.2 Å². The Morgan fingerprint density at radius 1 is 1.23 bits per heavy atom. The number of carbonyl (C=O) groups is 1. The van der Waals surface area contributed by atoms with Crippen LogP contribution in [0.4, 0.5) is 0 Å². The summed E-state index contributed by atoms with van der Waals surface area (Å²) in [5, 5.41) is 6.92. The minimum atomic E-state index is 0. The molecule has 152 valence electrons. The lowest BCUT2D eigenvalue weighted by Crippen LogP contribution is -2.46. The highest BCUT2D eigenvalue weighted by atomic mass is 127. The maximum absolute atomic E-state index is 12.2. The number of hydrogen-bond acceptors (Lipinski definition) is 2. The van der Waals surface area contributed by atoms with E-state index < -0.39 is 0 Å². The molecule has 1 saturated heterocycles. The zero-order chi connectivity index (χ0) is 18.4. The van der Waals surface area contributed by atoms with Crippen LogP contribution in [-0.2, 0) is 4.79 Å². The predicted molar refractivity (Wildman–Crippen MR) is 120 cm³/mol. The van der Waals surface area contributed by atoms with Gasteiger partial charge in [0.2, 0.25) is 5.91 Å². The van der Waals surface area contributed by atoms with Crippen molar-refractivity contribution in [2.45, 2.75) is 72.8 Å². The molecule has 26 heavy (non-hydrogen) atoms. The topological polar surface area (TPSA) is 56.7 Å². The highest BCUT2D eigenvalue weighted by Gasteiger charge is 2.32. The fourth-order valence-electron chi connectivity index (χ4n) is 4.08. The van der Waals surface area contributed by atoms with E-state index in [0.717, 1.165) is 44.5 Å². The molecule has 0 aromatic carbocycles. The number of guanidine groups is 1. The second-order valence-corrected chi connectivity index (χ2v) is 8.73. The van der Waals surface area contributed by atoms with Crippen molar-refractivity contribution in [3.63, 3.8) is 0 Å². The van der Waals surface area contributed by atoms with Crippen LogP contribution in [0, 0.1) is 17.3 Å². The van der Waals surface area contributed by atoms with Gasteiger partial charge in [0, 0.05) is 38.1 Å². The van der Waals surface area contributed by atoms with Crippen molar-refractivity contribution in [3.05, 3.63) is 0 Å². The van der Waals surface area contributed by atoms with E-state index in [1.54, 1.807) is 0 Å². The van der Waals surface area contributed by atoms with E-state index in [9.17, 15) is 4.79 Å². The molecule has 2 fully saturated rings. The van der Waals surface area contributed by atoms with Gasteiger partial charge in [0.25, 0.3) is 0 Å². The van der Waals surface area contributed by atoms with E-state index in [1.165, 1.54) is 25.7 Å². The van der Waals surface area contributed by atoms with E-state index in [2.05, 4.69) is 31.4 Å². The van der Waals surface area contributed by atoms with Gasteiger partial charge in [-0.1, -0.05) is 40.5 Å². The molecule has 1 aliphatic carbocycles. The Morgan fingerprint density at radius 2 is 1.88 bits per heavy atom. The highest BCUT2D eigenvalue weighted by molar-refractivity contribution is 14.0. The van der Waals surface area contributed by atoms with Crippen LogP contribution in [0.2, 0.25) is 0 Å². The van der Waals surface area contributed by atoms with Gasteiger partial charge in [0.15, 0.2) is 5.96 Å². The Morgan fingerprint density at radius 3 is 2.46 bits per heavy atom. The quantitative estimate of drug-likeness (QED) is 0.348. The molecule has 5 nitrogen and oxygen atoms in total. The first kappa shape index (κ1) is 23.5. The lowest BCUT2D eigenvalue weighted by molar-refractivity contribution is -0.133. The molecular formula is C20H39IN4O. The van der Waals surface area contributed by atoms with Gasteiger partial charge in [0.05, 0.1) is 0 Å². The van der Waals surface area contributed by atoms with Crippen LogP contribution in [0.15, 0.2) is 4.99 Å². The summed E-state index contributed by atoms with van der Waals surface area (Å²) in [6.07, 6.45) is 6.44. The molecular weight excluding hydrogens is 439 g/mol. The number of halogens is 1. The van der Waals surface area contributed by atoms with Gasteiger partial charge in [0.1, 0.15) is 0 Å². The Kier molecular flexibility index (Phi) is 9.69. The van der Waals surface area contributed by atoms with Crippen LogP contribution in [0.3, 0.4) is 0 Å². The third-order valence-corrected chi connectivity index (χ3v) is 5.78. The number of nitrogens with zero attached hydrogens (tertiary/aromatic N) is 2. The van der Waals surface area contributed by atoms with Crippen molar-refractivity contribution in [2.75, 3.05) is 26.2 Å². The van der Waals surface area contributed by atoms with Gasteiger partial charge >= 0.3 is 0 Å². The first-order chi connectivity index (χ1) is 11.8. The number of likely N-dealkylation sites (tertiary alicyclic amines) is 1. The number of aliphatic imine (C=N–C) groups is 1. The number of amides is 1. The summed E-state index contributed by atoms with van der Waals surface area (Å²) in [6, 6.07) is 0.301. The van der Waals surface area contributed by atoms with Crippen molar-refractivity contribution in [1.82, 2.24) is 15.5 Å². The first-order valence-corrected chi connectivity index (χ1v) is 10.2. The minimum absolute atomic E-state index is 0. The van der Waals surface area contributed by atoms with Crippen LogP contribution in [0.25, 0.3) is 0 Å². The van der Waals surface area contributed by atoms with Crippen LogP contribution in [0.1, 0.15) is 66.7 Å². The molecule has 2 rings (SSSR count). The largest absolute Gasteiger partial charge is 0.357 e. The second-order valence-electron chi connectivity index (χ2n) is 8.73. The van der Waals surface area contributed by atoms with Crippen molar-refractivity contribution in [2.24, 2.45) is 22.2 Å². The van der Waals surface area contributed by atoms with Gasteiger partial charge in [-0.05, 0) is 37.5 Å². The Bertz CT molecular complexity index is 472. The van der Waals surface area contributed by atoms with Gasteiger partial charge in [-0.3, -0.25) is 9.79 Å². The molecule has 0 aromatic heterocycles. The number of rotatable bonds is 6. The maximum Gasteiger partial charge on any atom is 0.225 e. The fraction of sp³-hybridized carbons (Fsp3) is 0.900. The van der Waals surface area contributed by atoms with Crippen molar-refractivity contribution in [3.8, 4) is 0 Å². The summed E-state index contributed by atoms with van der Waals surface area (Å²) in [7, 11) is 0. The average molecular weight is 478 g/mol. The molecule has 0 spiro atoms. The lowest BCUT2D eigenvalue weighted by Gasteiger charge is -2.30. The molecule has 1 aliphatic heterocycles. The number of carbonyl (C=O) groups excluding carboxylic acids is 1. The summed E-state index contributed by atoms with van der Waals surface area (Å²) in [5.74, 6) is 2.03. The summed E-state index contributed by atoms with van der Waals surface area (Å²) < 4.78 is 0. The molecule has 1 atom stereocenters. The van der Waals surface area contributed by atoms with Crippen LogP contribution in [-0.4, -0.2) is 49.0 Å². The molecule has 1 amide bonds. The van der Waals surface area contributed by atoms with Crippen molar-refractivity contribution < 1.29 is 4.79 Å². The van der Waals surface area contributed by atoms with Gasteiger partial charge in [-0.25, -0.2) is 0 Å². The molecule has 0 aromatic rings. The zero-order valence-corrected chi connectivity index (χ0v) is 19.6. The summed E-state index contributed by atoms with van der Waals surface area (Å²) in [5.41, 5.74) is 0.258. The highest BCUT2D eigenvalue weighted by Crippen LogP contribution is 2.39. The predicted octanol–water partition coefficient (Wildman–Crippen LogP) is 3.63. The van der Waals surface area contributed by atoms with E-state index in [1.807, 2.05) is 18.7 Å². The third-order valence-electron chi connectivity index (χ3n) is 5.78. The van der Waals surface area contributed by atoms with Gasteiger partial charge in [-0.2, -0.15) is 0 Å². The summed E-state index contributed by atoms with van der Waals surface area (Å²) >= 11 is 0. The van der Waals surface area contributed by atoms with E-state index in [0.29, 0.717) is 6.04 Å². The number of hydrogen-bond donors (Lipinski definition) is 2. The molecule has 0 radical (unpaired) electrons. The Labute approximate surface area is 177 Å². The maximum atomic E-state index is 12.2. The zero-order valence-electron chi connectivity index (χ0n) is 17.3. The monoisotopic (exact) mass is 478 g/mol. The van der Waals surface area contributed by atoms with E-state index >= 15 is 0 Å². The van der Waals surface area contributed by atoms with Gasteiger partial charge < -0.3 is 15.5 Å². The normalized spacial score (nSPS) is 21.8. The Balaban J connectivity index is 0.00000338. The standard InChI is InChI=1S/C20H38N4O.HI/c1-6-21-19(22-14-20(4,5)16-9-7-8-10-16)23-17-11-12-24(13-17)18(25)15(2)3;/h15-17H,6-14H2,1-5H3,(H2,21,22,23);1H. The fourth-order valence-corrected chi connectivity index (χ4v) is 4.08. The van der Waals surface area contributed by atoms with Crippen molar-refractivity contribution >= 4 is 35.8 Å². The molecule has 1 saturated carbocycles. The smallest absolute Gasteiger partial charge is 0.225 e. The lowest BCUT2D eigenvalue weighted by atomic mass is 9.78. The van der Waals surface area contributed by atoms with Gasteiger partial charge in [-0.15, -0.1) is 24.0 Å². The van der Waals surface area contributed by atoms with Crippen LogP contribution < -0.4 is 10.6 Å². The van der Waals surface area contributed by atoms with Crippen LogP contribution >= 0.6 is 24.0 Å². The molecule has 2 N–H and O–H groups in total. The number of nitrogens with one attached hydrogen (secondary N) is 2. The summed E-state index contributed by atoms with van der Waals surface area (Å²) in [4.78, 5) is 19.0. The molecule has 1 heterocycles. The third kappa shape index (κ3) is 6.57. The van der Waals surface area contributed by atoms with Crippen LogP contribution in [0.5, 0.6) is 0 Å². The second kappa shape index (κ2) is 10.7. The Hall–Kier alpha value is -0.530.